The molecule has 1 aromatic rings. The van der Waals surface area contributed by atoms with Crippen molar-refractivity contribution in [1.82, 2.24) is 0 Å². The Hall–Kier alpha value is -1.27. The van der Waals surface area contributed by atoms with Crippen LogP contribution >= 0.6 is 0 Å². The minimum absolute atomic E-state index is 0.0626. The molecule has 3 nitrogen and oxygen atoms in total. The number of para-hydroxylation sites is 1. The molecule has 1 aromatic carbocycles. The summed E-state index contributed by atoms with van der Waals surface area (Å²) in [6.45, 7) is -0.986. The average Bonchev–Trinajstić information content (AvgIpc) is 2.27. The number of alkyl halides is 3. The van der Waals surface area contributed by atoms with Gasteiger partial charge in [0.1, 0.15) is 19.0 Å². The molecule has 0 radical (unpaired) electrons. The molecule has 0 saturated carbocycles. The second kappa shape index (κ2) is 6.46. The summed E-state index contributed by atoms with van der Waals surface area (Å²) in [7, 11) is 0. The molecule has 6 heteroatoms. The Kier molecular flexibility index (Phi) is 5.24. The van der Waals surface area contributed by atoms with Crippen LogP contribution in [0.5, 0.6) is 5.75 Å². The first kappa shape index (κ1) is 13.8. The van der Waals surface area contributed by atoms with Gasteiger partial charge in [-0.15, -0.1) is 0 Å². The highest BCUT2D eigenvalue weighted by molar-refractivity contribution is 5.32. The molecule has 0 bridgehead atoms. The number of nitrogens with two attached hydrogens (primary N) is 1. The monoisotopic (exact) mass is 249 g/mol. The molecule has 0 aromatic heterocycles. The normalized spacial score (nSPS) is 11.5. The van der Waals surface area contributed by atoms with E-state index in [0.717, 1.165) is 5.56 Å². The van der Waals surface area contributed by atoms with Gasteiger partial charge in [-0.05, 0) is 6.07 Å². The van der Waals surface area contributed by atoms with Crippen molar-refractivity contribution in [2.45, 2.75) is 12.7 Å². The molecule has 0 aliphatic carbocycles. The standard InChI is InChI=1S/C11H14F3NO2/c12-11(13,14)8-16-5-6-17-10-4-2-1-3-9(10)7-15/h1-4H,5-8,15H2. The fraction of sp³-hybridized carbons (Fsp3) is 0.455. The van der Waals surface area contributed by atoms with Crippen molar-refractivity contribution < 1.29 is 22.6 Å². The lowest BCUT2D eigenvalue weighted by Crippen LogP contribution is -2.19. The van der Waals surface area contributed by atoms with E-state index in [-0.39, 0.29) is 13.2 Å². The molecule has 0 spiro atoms. The Morgan fingerprint density at radius 1 is 1.12 bits per heavy atom. The fourth-order valence-corrected chi connectivity index (χ4v) is 1.21. The first-order valence-electron chi connectivity index (χ1n) is 5.08. The summed E-state index contributed by atoms with van der Waals surface area (Å²) >= 11 is 0. The summed E-state index contributed by atoms with van der Waals surface area (Å²) in [5.41, 5.74) is 6.29. The van der Waals surface area contributed by atoms with E-state index in [9.17, 15) is 13.2 Å². The number of benzene rings is 1. The van der Waals surface area contributed by atoms with Crippen molar-refractivity contribution in [3.63, 3.8) is 0 Å². The zero-order valence-corrected chi connectivity index (χ0v) is 9.17. The van der Waals surface area contributed by atoms with Gasteiger partial charge >= 0.3 is 6.18 Å². The van der Waals surface area contributed by atoms with Crippen molar-refractivity contribution in [2.24, 2.45) is 5.73 Å². The van der Waals surface area contributed by atoms with Crippen molar-refractivity contribution >= 4 is 0 Å². The van der Waals surface area contributed by atoms with Crippen LogP contribution in [0.15, 0.2) is 24.3 Å². The first-order valence-corrected chi connectivity index (χ1v) is 5.08. The molecule has 0 heterocycles. The highest BCUT2D eigenvalue weighted by atomic mass is 19.4. The van der Waals surface area contributed by atoms with E-state index in [4.69, 9.17) is 10.5 Å². The van der Waals surface area contributed by atoms with Crippen molar-refractivity contribution in [3.05, 3.63) is 29.8 Å². The maximum atomic E-state index is 11.7. The second-order valence-corrected chi connectivity index (χ2v) is 3.33. The summed E-state index contributed by atoms with van der Waals surface area (Å²) in [5, 5.41) is 0. The van der Waals surface area contributed by atoms with Gasteiger partial charge in [0.05, 0.1) is 6.61 Å². The topological polar surface area (TPSA) is 44.5 Å². The molecule has 2 N–H and O–H groups in total. The van der Waals surface area contributed by atoms with Gasteiger partial charge in [-0.25, -0.2) is 0 Å². The summed E-state index contributed by atoms with van der Waals surface area (Å²) in [4.78, 5) is 0. The van der Waals surface area contributed by atoms with E-state index in [1.54, 1.807) is 18.2 Å². The lowest BCUT2D eigenvalue weighted by Gasteiger charge is -2.11. The van der Waals surface area contributed by atoms with Gasteiger partial charge in [0.15, 0.2) is 0 Å². The van der Waals surface area contributed by atoms with Gasteiger partial charge in [-0.2, -0.15) is 13.2 Å². The molecule has 0 unspecified atom stereocenters. The van der Waals surface area contributed by atoms with E-state index in [2.05, 4.69) is 4.74 Å². The smallest absolute Gasteiger partial charge is 0.411 e. The van der Waals surface area contributed by atoms with Gasteiger partial charge in [-0.1, -0.05) is 18.2 Å². The molecule has 0 fully saturated rings. The third kappa shape index (κ3) is 5.55. The van der Waals surface area contributed by atoms with Crippen LogP contribution in [0.25, 0.3) is 0 Å². The Bertz CT molecular complexity index is 342. The van der Waals surface area contributed by atoms with Gasteiger partial charge < -0.3 is 15.2 Å². The number of hydrogen-bond acceptors (Lipinski definition) is 3. The maximum Gasteiger partial charge on any atom is 0.411 e. The van der Waals surface area contributed by atoms with Crippen LogP contribution in [0.3, 0.4) is 0 Å². The predicted octanol–water partition coefficient (Wildman–Crippen LogP) is 2.10. The average molecular weight is 249 g/mol. The van der Waals surface area contributed by atoms with Crippen LogP contribution in [0.2, 0.25) is 0 Å². The zero-order valence-electron chi connectivity index (χ0n) is 9.17. The SMILES string of the molecule is NCc1ccccc1OCCOCC(F)(F)F. The van der Waals surface area contributed by atoms with Gasteiger partial charge in [0, 0.05) is 12.1 Å². The second-order valence-electron chi connectivity index (χ2n) is 3.33. The lowest BCUT2D eigenvalue weighted by molar-refractivity contribution is -0.175. The van der Waals surface area contributed by atoms with Gasteiger partial charge in [-0.3, -0.25) is 0 Å². The molecule has 0 atom stereocenters. The van der Waals surface area contributed by atoms with Gasteiger partial charge in [0.2, 0.25) is 0 Å². The molecule has 1 rings (SSSR count). The van der Waals surface area contributed by atoms with Crippen molar-refractivity contribution in [3.8, 4) is 5.75 Å². The molecular weight excluding hydrogens is 235 g/mol. The highest BCUT2D eigenvalue weighted by Gasteiger charge is 2.27. The number of halogens is 3. The van der Waals surface area contributed by atoms with Crippen LogP contribution < -0.4 is 10.5 Å². The molecule has 96 valence electrons. The fourth-order valence-electron chi connectivity index (χ4n) is 1.21. The Morgan fingerprint density at radius 2 is 1.82 bits per heavy atom. The third-order valence-electron chi connectivity index (χ3n) is 1.94. The lowest BCUT2D eigenvalue weighted by atomic mass is 10.2. The molecule has 0 aliphatic rings. The summed E-state index contributed by atoms with van der Waals surface area (Å²) in [6, 6.07) is 7.10. The minimum Gasteiger partial charge on any atom is -0.491 e. The molecule has 0 saturated heterocycles. The van der Waals surface area contributed by atoms with E-state index >= 15 is 0 Å². The largest absolute Gasteiger partial charge is 0.491 e. The minimum atomic E-state index is -4.30. The van der Waals surface area contributed by atoms with Crippen LogP contribution in [-0.2, 0) is 11.3 Å². The van der Waals surface area contributed by atoms with E-state index in [1.807, 2.05) is 6.07 Å². The quantitative estimate of drug-likeness (QED) is 0.785. The number of hydrogen-bond donors (Lipinski definition) is 1. The van der Waals surface area contributed by atoms with E-state index in [0.29, 0.717) is 12.3 Å². The van der Waals surface area contributed by atoms with Crippen LogP contribution in [0, 0.1) is 0 Å². The molecule has 0 amide bonds. The van der Waals surface area contributed by atoms with Crippen molar-refractivity contribution in [1.29, 1.82) is 0 Å². The molecule has 0 aliphatic heterocycles. The Balaban J connectivity index is 2.27. The third-order valence-corrected chi connectivity index (χ3v) is 1.94. The number of ether oxygens (including phenoxy) is 2. The Labute approximate surface area is 97.3 Å². The summed E-state index contributed by atoms with van der Waals surface area (Å²) in [6.07, 6.45) is -4.30. The van der Waals surface area contributed by atoms with Crippen LogP contribution in [-0.4, -0.2) is 26.0 Å². The first-order chi connectivity index (χ1) is 8.03. The van der Waals surface area contributed by atoms with Gasteiger partial charge in [0.25, 0.3) is 0 Å². The molecular formula is C11H14F3NO2. The zero-order chi connectivity index (χ0) is 12.7. The highest BCUT2D eigenvalue weighted by Crippen LogP contribution is 2.17. The van der Waals surface area contributed by atoms with Crippen LogP contribution in [0.1, 0.15) is 5.56 Å². The van der Waals surface area contributed by atoms with Crippen molar-refractivity contribution in [2.75, 3.05) is 19.8 Å². The molecule has 17 heavy (non-hydrogen) atoms. The van der Waals surface area contributed by atoms with E-state index < -0.39 is 12.8 Å². The number of rotatable bonds is 6. The summed E-state index contributed by atoms with van der Waals surface area (Å²) in [5.74, 6) is 0.575. The van der Waals surface area contributed by atoms with Crippen LogP contribution in [0.4, 0.5) is 13.2 Å². The Morgan fingerprint density at radius 3 is 2.47 bits per heavy atom. The predicted molar refractivity (Wildman–Crippen MR) is 56.7 cm³/mol. The summed E-state index contributed by atoms with van der Waals surface area (Å²) < 4.78 is 44.9. The van der Waals surface area contributed by atoms with E-state index in [1.165, 1.54) is 0 Å². The maximum absolute atomic E-state index is 11.7.